The Morgan fingerprint density at radius 1 is 1.00 bits per heavy atom. The van der Waals surface area contributed by atoms with E-state index in [2.05, 4.69) is 42.6 Å². The van der Waals surface area contributed by atoms with E-state index < -0.39 is 0 Å². The van der Waals surface area contributed by atoms with Gasteiger partial charge in [-0.1, -0.05) is 57.2 Å². The molecular formula is C20H22N2O. The summed E-state index contributed by atoms with van der Waals surface area (Å²) >= 11 is 0. The van der Waals surface area contributed by atoms with Crippen molar-refractivity contribution in [3.63, 3.8) is 0 Å². The molecule has 0 saturated heterocycles. The monoisotopic (exact) mass is 306 g/mol. The van der Waals surface area contributed by atoms with Gasteiger partial charge in [-0.3, -0.25) is 4.79 Å². The van der Waals surface area contributed by atoms with Crippen molar-refractivity contribution in [1.29, 1.82) is 5.26 Å². The summed E-state index contributed by atoms with van der Waals surface area (Å²) < 4.78 is 0. The van der Waals surface area contributed by atoms with Gasteiger partial charge in [-0.2, -0.15) is 5.26 Å². The summed E-state index contributed by atoms with van der Waals surface area (Å²) in [6.07, 6.45) is 0. The van der Waals surface area contributed by atoms with E-state index in [9.17, 15) is 4.79 Å². The second-order valence-corrected chi connectivity index (χ2v) is 6.11. The zero-order valence-corrected chi connectivity index (χ0v) is 13.8. The number of hydrogen-bond acceptors (Lipinski definition) is 2. The van der Waals surface area contributed by atoms with E-state index in [1.807, 2.05) is 38.1 Å². The van der Waals surface area contributed by atoms with Crippen LogP contribution in [-0.4, -0.2) is 12.5 Å². The zero-order valence-electron chi connectivity index (χ0n) is 13.8. The van der Waals surface area contributed by atoms with Crippen molar-refractivity contribution in [3.8, 4) is 17.2 Å². The van der Waals surface area contributed by atoms with Crippen molar-refractivity contribution in [2.24, 2.45) is 5.92 Å². The highest BCUT2D eigenvalue weighted by molar-refractivity contribution is 5.77. The highest BCUT2D eigenvalue weighted by Crippen LogP contribution is 2.23. The van der Waals surface area contributed by atoms with Crippen LogP contribution in [-0.2, 0) is 4.79 Å². The molecule has 0 aromatic heterocycles. The van der Waals surface area contributed by atoms with Crippen LogP contribution >= 0.6 is 0 Å². The van der Waals surface area contributed by atoms with Gasteiger partial charge in [-0.05, 0) is 34.7 Å². The van der Waals surface area contributed by atoms with E-state index >= 15 is 0 Å². The molecule has 2 rings (SSSR count). The van der Waals surface area contributed by atoms with Gasteiger partial charge in [0.2, 0.25) is 5.91 Å². The first-order valence-electron chi connectivity index (χ1n) is 7.89. The smallest absolute Gasteiger partial charge is 0.222 e. The highest BCUT2D eigenvalue weighted by atomic mass is 16.1. The average Bonchev–Trinajstić information content (AvgIpc) is 2.59. The lowest BCUT2D eigenvalue weighted by Crippen LogP contribution is -2.30. The quantitative estimate of drug-likeness (QED) is 0.904. The van der Waals surface area contributed by atoms with Crippen LogP contribution in [0, 0.1) is 17.2 Å². The number of nitriles is 1. The van der Waals surface area contributed by atoms with Crippen LogP contribution in [0.3, 0.4) is 0 Å². The van der Waals surface area contributed by atoms with Crippen molar-refractivity contribution in [3.05, 3.63) is 59.7 Å². The second-order valence-electron chi connectivity index (χ2n) is 6.11. The molecule has 3 nitrogen and oxygen atoms in total. The predicted octanol–water partition coefficient (Wildman–Crippen LogP) is 4.10. The number of amides is 1. The third-order valence-corrected chi connectivity index (χ3v) is 3.93. The van der Waals surface area contributed by atoms with Crippen LogP contribution in [0.15, 0.2) is 48.5 Å². The molecule has 1 unspecified atom stereocenters. The molecule has 0 bridgehead atoms. The molecule has 0 spiro atoms. The van der Waals surface area contributed by atoms with Crippen molar-refractivity contribution in [2.45, 2.75) is 26.7 Å². The Balaban J connectivity index is 2.03. The maximum atomic E-state index is 11.6. The summed E-state index contributed by atoms with van der Waals surface area (Å²) in [4.78, 5) is 11.6. The lowest BCUT2D eigenvalue weighted by atomic mass is 9.97. The molecule has 118 valence electrons. The highest BCUT2D eigenvalue weighted by Gasteiger charge is 2.10. The first kappa shape index (κ1) is 16.8. The van der Waals surface area contributed by atoms with Crippen molar-refractivity contribution in [1.82, 2.24) is 5.32 Å². The fraction of sp³-hybridized carbons (Fsp3) is 0.300. The van der Waals surface area contributed by atoms with Gasteiger partial charge in [0.1, 0.15) is 0 Å². The molecule has 2 aromatic rings. The Hall–Kier alpha value is -2.60. The van der Waals surface area contributed by atoms with E-state index in [0.717, 1.165) is 11.1 Å². The SMILES string of the molecule is CC(C)C(=O)NCC(C)c1ccc(-c2ccc(C#N)cc2)cc1. The first-order valence-corrected chi connectivity index (χ1v) is 7.89. The first-order chi connectivity index (χ1) is 11.0. The largest absolute Gasteiger partial charge is 0.355 e. The molecule has 2 aromatic carbocycles. The molecular weight excluding hydrogens is 284 g/mol. The Morgan fingerprint density at radius 2 is 1.52 bits per heavy atom. The predicted molar refractivity (Wildman–Crippen MR) is 92.9 cm³/mol. The summed E-state index contributed by atoms with van der Waals surface area (Å²) in [6, 6.07) is 18.1. The molecule has 23 heavy (non-hydrogen) atoms. The molecule has 0 radical (unpaired) electrons. The van der Waals surface area contributed by atoms with Crippen LogP contribution in [0.25, 0.3) is 11.1 Å². The van der Waals surface area contributed by atoms with Gasteiger partial charge in [-0.15, -0.1) is 0 Å². The summed E-state index contributed by atoms with van der Waals surface area (Å²) in [7, 11) is 0. The normalized spacial score (nSPS) is 11.8. The summed E-state index contributed by atoms with van der Waals surface area (Å²) in [5, 5.41) is 11.8. The molecule has 0 aliphatic rings. The van der Waals surface area contributed by atoms with E-state index in [4.69, 9.17) is 5.26 Å². The molecule has 1 amide bonds. The number of carbonyl (C=O) groups is 1. The molecule has 0 fully saturated rings. The van der Waals surface area contributed by atoms with Gasteiger partial charge in [-0.25, -0.2) is 0 Å². The molecule has 0 saturated carbocycles. The number of hydrogen-bond donors (Lipinski definition) is 1. The molecule has 0 aliphatic heterocycles. The van der Waals surface area contributed by atoms with Crippen molar-refractivity contribution < 1.29 is 4.79 Å². The minimum Gasteiger partial charge on any atom is -0.355 e. The molecule has 0 heterocycles. The lowest BCUT2D eigenvalue weighted by Gasteiger charge is -2.15. The average molecular weight is 306 g/mol. The summed E-state index contributed by atoms with van der Waals surface area (Å²) in [5.41, 5.74) is 4.08. The Bertz CT molecular complexity index is 694. The van der Waals surface area contributed by atoms with Crippen LogP contribution in [0.4, 0.5) is 0 Å². The second kappa shape index (κ2) is 7.60. The van der Waals surface area contributed by atoms with Gasteiger partial charge >= 0.3 is 0 Å². The molecule has 1 N–H and O–H groups in total. The number of nitrogens with one attached hydrogen (secondary N) is 1. The van der Waals surface area contributed by atoms with Gasteiger partial charge in [0.25, 0.3) is 0 Å². The van der Waals surface area contributed by atoms with Crippen LogP contribution in [0.5, 0.6) is 0 Å². The van der Waals surface area contributed by atoms with Gasteiger partial charge in [0, 0.05) is 12.5 Å². The molecule has 3 heteroatoms. The van der Waals surface area contributed by atoms with Gasteiger partial charge in [0.15, 0.2) is 0 Å². The van der Waals surface area contributed by atoms with E-state index in [-0.39, 0.29) is 17.7 Å². The van der Waals surface area contributed by atoms with E-state index in [0.29, 0.717) is 12.1 Å². The zero-order chi connectivity index (χ0) is 16.8. The topological polar surface area (TPSA) is 52.9 Å². The maximum Gasteiger partial charge on any atom is 0.222 e. The Kier molecular flexibility index (Phi) is 5.54. The van der Waals surface area contributed by atoms with E-state index in [1.165, 1.54) is 5.56 Å². The van der Waals surface area contributed by atoms with Crippen LogP contribution < -0.4 is 5.32 Å². The van der Waals surface area contributed by atoms with E-state index in [1.54, 1.807) is 0 Å². The van der Waals surface area contributed by atoms with Crippen LogP contribution in [0.2, 0.25) is 0 Å². The number of rotatable bonds is 5. The fourth-order valence-electron chi connectivity index (χ4n) is 2.32. The molecule has 1 atom stereocenters. The summed E-state index contributed by atoms with van der Waals surface area (Å²) in [6.45, 7) is 6.54. The summed E-state index contributed by atoms with van der Waals surface area (Å²) in [5.74, 6) is 0.375. The van der Waals surface area contributed by atoms with Crippen LogP contribution in [0.1, 0.15) is 37.8 Å². The maximum absolute atomic E-state index is 11.6. The number of benzene rings is 2. The third kappa shape index (κ3) is 4.43. The molecule has 0 aliphatic carbocycles. The minimum absolute atomic E-state index is 0.0148. The Morgan fingerprint density at radius 3 is 2.00 bits per heavy atom. The van der Waals surface area contributed by atoms with Gasteiger partial charge < -0.3 is 5.32 Å². The standard InChI is InChI=1S/C20H22N2O/c1-14(2)20(23)22-13-15(3)17-8-10-19(11-9-17)18-6-4-16(12-21)5-7-18/h4-11,14-15H,13H2,1-3H3,(H,22,23). The third-order valence-electron chi connectivity index (χ3n) is 3.93. The van der Waals surface area contributed by atoms with Gasteiger partial charge in [0.05, 0.1) is 11.6 Å². The lowest BCUT2D eigenvalue weighted by molar-refractivity contribution is -0.124. The van der Waals surface area contributed by atoms with Crippen molar-refractivity contribution in [2.75, 3.05) is 6.54 Å². The number of nitrogens with zero attached hydrogens (tertiary/aromatic N) is 1. The van der Waals surface area contributed by atoms with Crippen molar-refractivity contribution >= 4 is 5.91 Å². The minimum atomic E-state index is 0.0148. The fourth-order valence-corrected chi connectivity index (χ4v) is 2.32. The number of carbonyl (C=O) groups excluding carboxylic acids is 1. The Labute approximate surface area is 138 Å².